The highest BCUT2D eigenvalue weighted by atomic mass is 32.1. The first-order valence-corrected chi connectivity index (χ1v) is 11.0. The lowest BCUT2D eigenvalue weighted by Crippen LogP contribution is -2.21. The number of carbonyl (C=O) groups is 1. The molecule has 1 aromatic carbocycles. The average Bonchev–Trinajstić information content (AvgIpc) is 3.61. The fourth-order valence-electron chi connectivity index (χ4n) is 2.99. The summed E-state index contributed by atoms with van der Waals surface area (Å²) in [5, 5.41) is 20.0. The molecule has 4 aromatic rings. The summed E-state index contributed by atoms with van der Waals surface area (Å²) in [6.45, 7) is -0.0725. The van der Waals surface area contributed by atoms with Gasteiger partial charge in [0.25, 0.3) is 6.08 Å². The topological polar surface area (TPSA) is 156 Å². The second-order valence-corrected chi connectivity index (χ2v) is 8.43. The number of aliphatic carboxylic acids is 1. The molecule has 0 radical (unpaired) electrons. The Morgan fingerprint density at radius 3 is 2.43 bits per heavy atom. The molecule has 0 spiro atoms. The summed E-state index contributed by atoms with van der Waals surface area (Å²) in [4.78, 5) is 27.1. The Balaban J connectivity index is 0.000000479. The predicted molar refractivity (Wildman–Crippen MR) is 123 cm³/mol. The molecular weight excluding hydrogens is 525 g/mol. The lowest BCUT2D eigenvalue weighted by Gasteiger charge is -2.06. The van der Waals surface area contributed by atoms with Gasteiger partial charge in [-0.15, -0.1) is 11.3 Å². The van der Waals surface area contributed by atoms with Crippen LogP contribution in [-0.2, 0) is 17.8 Å². The number of nitrogens with zero attached hydrogens (tertiary/aromatic N) is 4. The van der Waals surface area contributed by atoms with E-state index < -0.39 is 23.9 Å². The fraction of sp³-hybridized carbons (Fsp3) is 0.190. The van der Waals surface area contributed by atoms with Gasteiger partial charge in [0.15, 0.2) is 5.82 Å². The summed E-state index contributed by atoms with van der Waals surface area (Å²) in [6.07, 6.45) is -5.66. The van der Waals surface area contributed by atoms with E-state index in [-0.39, 0.29) is 30.9 Å². The van der Waals surface area contributed by atoms with Crippen LogP contribution in [-0.4, -0.2) is 53.7 Å². The summed E-state index contributed by atoms with van der Waals surface area (Å²) in [5.74, 6) is -1.87. The van der Waals surface area contributed by atoms with Crippen molar-refractivity contribution in [1.29, 1.82) is 0 Å². The van der Waals surface area contributed by atoms with Gasteiger partial charge in [0.2, 0.25) is 0 Å². The monoisotopic (exact) mass is 543 g/mol. The van der Waals surface area contributed by atoms with Gasteiger partial charge >= 0.3 is 17.8 Å². The summed E-state index contributed by atoms with van der Waals surface area (Å²) in [5.41, 5.74) is 6.57. The third-order valence-electron chi connectivity index (χ3n) is 4.78. The van der Waals surface area contributed by atoms with E-state index in [4.69, 9.17) is 15.6 Å². The van der Waals surface area contributed by atoms with Crippen molar-refractivity contribution in [2.45, 2.75) is 19.1 Å². The molecule has 0 fully saturated rings. The van der Waals surface area contributed by atoms with Gasteiger partial charge in [0.05, 0.1) is 6.54 Å². The zero-order valence-electron chi connectivity index (χ0n) is 18.6. The highest BCUT2D eigenvalue weighted by Gasteiger charge is 2.38. The summed E-state index contributed by atoms with van der Waals surface area (Å²) >= 11 is 1.51. The second kappa shape index (κ2) is 11.7. The van der Waals surface area contributed by atoms with Gasteiger partial charge in [-0.05, 0) is 23.8 Å². The number of rotatable bonds is 7. The van der Waals surface area contributed by atoms with Gasteiger partial charge in [-0.2, -0.15) is 32.1 Å². The molecule has 0 aliphatic rings. The van der Waals surface area contributed by atoms with Crippen molar-refractivity contribution >= 4 is 17.3 Å². The number of aromatic nitrogens is 6. The van der Waals surface area contributed by atoms with Crippen molar-refractivity contribution in [3.8, 4) is 21.8 Å². The van der Waals surface area contributed by atoms with E-state index in [1.54, 1.807) is 0 Å². The number of H-pyrrole nitrogens is 2. The zero-order chi connectivity index (χ0) is 27.2. The van der Waals surface area contributed by atoms with Crippen LogP contribution >= 0.6 is 11.3 Å². The number of hydrogen-bond acceptors (Lipinski definition) is 7. The van der Waals surface area contributed by atoms with Crippen LogP contribution in [0, 0.1) is 0 Å². The maximum Gasteiger partial charge on any atom is 0.490 e. The average molecular weight is 543 g/mol. The lowest BCUT2D eigenvalue weighted by atomic mass is 10.1. The molecule has 196 valence electrons. The molecule has 10 nitrogen and oxygen atoms in total. The molecule has 3 aromatic heterocycles. The Morgan fingerprint density at radius 1 is 1.14 bits per heavy atom. The van der Waals surface area contributed by atoms with Gasteiger partial charge in [-0.3, -0.25) is 9.67 Å². The van der Waals surface area contributed by atoms with Crippen LogP contribution in [0.15, 0.2) is 59.2 Å². The minimum atomic E-state index is -5.08. The van der Waals surface area contributed by atoms with Crippen LogP contribution in [0.3, 0.4) is 0 Å². The predicted octanol–water partition coefficient (Wildman–Crippen LogP) is 3.42. The number of carboxylic acids is 1. The molecule has 0 aliphatic heterocycles. The van der Waals surface area contributed by atoms with Crippen molar-refractivity contribution in [2.24, 2.45) is 5.73 Å². The van der Waals surface area contributed by atoms with Crippen molar-refractivity contribution in [1.82, 2.24) is 29.9 Å². The van der Waals surface area contributed by atoms with Crippen molar-refractivity contribution in [2.75, 3.05) is 6.54 Å². The number of aromatic amines is 2. The number of nitrogens with one attached hydrogen (secondary N) is 2. The first-order chi connectivity index (χ1) is 17.5. The van der Waals surface area contributed by atoms with Crippen molar-refractivity contribution in [3.05, 3.63) is 75.6 Å². The highest BCUT2D eigenvalue weighted by molar-refractivity contribution is 7.15. The molecule has 0 amide bonds. The van der Waals surface area contributed by atoms with Gasteiger partial charge in [0.1, 0.15) is 12.2 Å². The van der Waals surface area contributed by atoms with Gasteiger partial charge in [-0.25, -0.2) is 19.7 Å². The standard InChI is InChI=1S/C19H17F2N7OS.C2HF3O2/c20-17(21)13(8-22)7-16-25-27-19(29)28(16)9-14-4-5-15(30-14)11-2-1-3-12(6-11)18-23-10-24-26-18;3-2(4,5)1(6)7/h1-6,10H,7-9,22H2,(H,27,29)(H,23,24,26);(H,6,7). The third-order valence-corrected chi connectivity index (χ3v) is 5.90. The first-order valence-electron chi connectivity index (χ1n) is 10.2. The molecule has 0 saturated carbocycles. The SMILES string of the molecule is NCC(Cc1n[nH]c(=O)n1Cc1ccc(-c2cccc(-c3ncn[nH]3)c2)s1)=C(F)F.O=C(O)C(F)(F)F. The number of benzene rings is 1. The van der Waals surface area contributed by atoms with Crippen LogP contribution in [0.1, 0.15) is 10.7 Å². The number of hydrogen-bond donors (Lipinski definition) is 4. The summed E-state index contributed by atoms with van der Waals surface area (Å²) in [6, 6.07) is 11.7. The Morgan fingerprint density at radius 2 is 1.84 bits per heavy atom. The zero-order valence-corrected chi connectivity index (χ0v) is 19.4. The van der Waals surface area contributed by atoms with E-state index in [9.17, 15) is 26.7 Å². The van der Waals surface area contributed by atoms with Gasteiger partial charge < -0.3 is 10.8 Å². The lowest BCUT2D eigenvalue weighted by molar-refractivity contribution is -0.192. The molecule has 0 bridgehead atoms. The van der Waals surface area contributed by atoms with Gasteiger partial charge in [0, 0.05) is 33.9 Å². The highest BCUT2D eigenvalue weighted by Crippen LogP contribution is 2.31. The van der Waals surface area contributed by atoms with Crippen molar-refractivity contribution < 1.29 is 31.9 Å². The molecule has 5 N–H and O–H groups in total. The minimum absolute atomic E-state index is 0.185. The van der Waals surface area contributed by atoms with E-state index in [0.29, 0.717) is 5.82 Å². The Bertz CT molecular complexity index is 1440. The van der Waals surface area contributed by atoms with E-state index in [2.05, 4.69) is 25.4 Å². The van der Waals surface area contributed by atoms with Crippen LogP contribution in [0.4, 0.5) is 22.0 Å². The largest absolute Gasteiger partial charge is 0.490 e. The molecule has 4 rings (SSSR count). The molecule has 0 aliphatic carbocycles. The number of nitrogens with two attached hydrogens (primary N) is 1. The molecule has 0 atom stereocenters. The van der Waals surface area contributed by atoms with E-state index in [0.717, 1.165) is 20.9 Å². The second-order valence-electron chi connectivity index (χ2n) is 7.26. The van der Waals surface area contributed by atoms with E-state index in [1.807, 2.05) is 36.4 Å². The molecule has 3 heterocycles. The van der Waals surface area contributed by atoms with Crippen LogP contribution in [0.2, 0.25) is 0 Å². The maximum absolute atomic E-state index is 12.9. The Hall–Kier alpha value is -4.18. The molecule has 16 heteroatoms. The molecule has 37 heavy (non-hydrogen) atoms. The van der Waals surface area contributed by atoms with Crippen LogP contribution in [0.5, 0.6) is 0 Å². The number of carboxylic acid groups (broad SMARTS) is 1. The van der Waals surface area contributed by atoms with Crippen LogP contribution in [0.25, 0.3) is 21.8 Å². The Kier molecular flexibility index (Phi) is 8.67. The fourth-order valence-corrected chi connectivity index (χ4v) is 3.99. The molecule has 0 unspecified atom stereocenters. The minimum Gasteiger partial charge on any atom is -0.475 e. The number of alkyl halides is 3. The Labute approximate surface area is 208 Å². The number of halogens is 5. The van der Waals surface area contributed by atoms with Crippen molar-refractivity contribution in [3.63, 3.8) is 0 Å². The first kappa shape index (κ1) is 27.4. The quantitative estimate of drug-likeness (QED) is 0.260. The smallest absolute Gasteiger partial charge is 0.475 e. The third kappa shape index (κ3) is 7.17. The summed E-state index contributed by atoms with van der Waals surface area (Å²) < 4.78 is 59.0. The van der Waals surface area contributed by atoms with E-state index >= 15 is 0 Å². The van der Waals surface area contributed by atoms with Crippen LogP contribution < -0.4 is 11.4 Å². The summed E-state index contributed by atoms with van der Waals surface area (Å²) in [7, 11) is 0. The van der Waals surface area contributed by atoms with E-state index in [1.165, 1.54) is 22.2 Å². The maximum atomic E-state index is 12.9. The molecular formula is C21H18F5N7O3S. The van der Waals surface area contributed by atoms with Gasteiger partial charge in [-0.1, -0.05) is 18.2 Å². The number of thiophene rings is 1. The molecule has 0 saturated heterocycles. The normalized spacial score (nSPS) is 11.1.